The molecule has 1 aromatic carbocycles. The van der Waals surface area contributed by atoms with E-state index in [0.29, 0.717) is 31.1 Å². The maximum atomic E-state index is 12.6. The van der Waals surface area contributed by atoms with Gasteiger partial charge in [-0.2, -0.15) is 9.97 Å². The van der Waals surface area contributed by atoms with E-state index in [9.17, 15) is 4.39 Å². The Balaban J connectivity index is 0.000000264. The van der Waals surface area contributed by atoms with E-state index in [1.165, 1.54) is 12.8 Å². The van der Waals surface area contributed by atoms with Crippen molar-refractivity contribution in [2.45, 2.75) is 79.1 Å². The van der Waals surface area contributed by atoms with Gasteiger partial charge in [0.15, 0.2) is 0 Å². The van der Waals surface area contributed by atoms with Crippen LogP contribution in [0.15, 0.2) is 22.8 Å². The molecule has 2 aromatic rings. The van der Waals surface area contributed by atoms with E-state index in [-0.39, 0.29) is 11.5 Å². The maximum absolute atomic E-state index is 12.6. The summed E-state index contributed by atoms with van der Waals surface area (Å²) in [5.41, 5.74) is 0.903. The molecule has 5 heterocycles. The molecule has 4 aliphatic heterocycles. The number of rotatable bonds is 3. The zero-order valence-corrected chi connectivity index (χ0v) is 31.2. The maximum Gasteiger partial charge on any atom is 0.318 e. The summed E-state index contributed by atoms with van der Waals surface area (Å²) in [6.07, 6.45) is 7.89. The zero-order chi connectivity index (χ0) is 33.0. The number of halogens is 3. The van der Waals surface area contributed by atoms with Crippen LogP contribution in [0.2, 0.25) is 0 Å². The number of nitrogens with one attached hydrogen (secondary N) is 1. The number of benzene rings is 1. The summed E-state index contributed by atoms with van der Waals surface area (Å²) in [5, 5.41) is 14.2. The summed E-state index contributed by atoms with van der Waals surface area (Å²) in [7, 11) is 4.34. The molecule has 4 aliphatic rings. The molecule has 1 aromatic heterocycles. The molecule has 2 fully saturated rings. The second kappa shape index (κ2) is 18.6. The van der Waals surface area contributed by atoms with Crippen molar-refractivity contribution in [2.75, 3.05) is 57.7 Å². The lowest BCUT2D eigenvalue weighted by molar-refractivity contribution is 0.0801. The molecular formula is C32H53BrClFN5O3P. The average molecular weight is 721 g/mol. The third-order valence-electron chi connectivity index (χ3n) is 7.70. The molecule has 0 bridgehead atoms. The van der Waals surface area contributed by atoms with Gasteiger partial charge in [0, 0.05) is 60.7 Å². The van der Waals surface area contributed by atoms with Crippen molar-refractivity contribution in [3.63, 3.8) is 0 Å². The van der Waals surface area contributed by atoms with E-state index in [1.807, 2.05) is 33.0 Å². The first-order chi connectivity index (χ1) is 20.9. The monoisotopic (exact) mass is 719 g/mol. The zero-order valence-electron chi connectivity index (χ0n) is 27.7. The molecule has 2 saturated heterocycles. The fraction of sp³-hybridized carbons (Fsp3) is 0.688. The number of aliphatic hydroxyl groups excluding tert-OH is 1. The Morgan fingerprint density at radius 1 is 1.27 bits per heavy atom. The third kappa shape index (κ3) is 10.8. The average Bonchev–Trinajstić information content (AvgIpc) is 3.49. The molecule has 44 heavy (non-hydrogen) atoms. The van der Waals surface area contributed by atoms with Crippen LogP contribution in [0, 0.1) is 11.3 Å². The van der Waals surface area contributed by atoms with E-state index in [1.54, 1.807) is 14.0 Å². The number of alkyl halides is 2. The SMILES string of the molecule is CC(O)C(C)(C)C.CCC.CCl.COc1nc2c3c(cc(Br)c(P)c3n1)OCCN2CC1CNC1.FC1CC2CC=CN2C1. The van der Waals surface area contributed by atoms with E-state index < -0.39 is 6.17 Å². The molecule has 250 valence electrons. The largest absolute Gasteiger partial charge is 0.491 e. The summed E-state index contributed by atoms with van der Waals surface area (Å²) in [6, 6.07) is 2.89. The van der Waals surface area contributed by atoms with Crippen LogP contribution in [0.5, 0.6) is 11.8 Å². The Bertz CT molecular complexity index is 1200. The summed E-state index contributed by atoms with van der Waals surface area (Å²) < 4.78 is 24.8. The molecule has 4 unspecified atom stereocenters. The molecule has 0 spiro atoms. The summed E-state index contributed by atoms with van der Waals surface area (Å²) in [4.78, 5) is 13.6. The Labute approximate surface area is 279 Å². The lowest BCUT2D eigenvalue weighted by atomic mass is 9.91. The van der Waals surface area contributed by atoms with Crippen molar-refractivity contribution in [1.82, 2.24) is 20.2 Å². The highest BCUT2D eigenvalue weighted by Crippen LogP contribution is 2.38. The Kier molecular flexibility index (Phi) is 16.4. The molecule has 0 aliphatic carbocycles. The normalized spacial score (nSPS) is 20.6. The van der Waals surface area contributed by atoms with E-state index in [4.69, 9.17) is 14.6 Å². The summed E-state index contributed by atoms with van der Waals surface area (Å²) in [5.74, 6) is 2.38. The topological polar surface area (TPSA) is 83.0 Å². The van der Waals surface area contributed by atoms with Gasteiger partial charge in [-0.3, -0.25) is 0 Å². The van der Waals surface area contributed by atoms with Gasteiger partial charge in [0.1, 0.15) is 24.3 Å². The van der Waals surface area contributed by atoms with Gasteiger partial charge in [0.05, 0.1) is 30.7 Å². The number of aliphatic hydroxyl groups is 1. The van der Waals surface area contributed by atoms with E-state index >= 15 is 0 Å². The molecule has 4 atom stereocenters. The summed E-state index contributed by atoms with van der Waals surface area (Å²) >= 11 is 8.22. The fourth-order valence-electron chi connectivity index (χ4n) is 4.65. The van der Waals surface area contributed by atoms with Crippen molar-refractivity contribution in [3.8, 4) is 11.8 Å². The van der Waals surface area contributed by atoms with Gasteiger partial charge in [0.2, 0.25) is 0 Å². The quantitative estimate of drug-likeness (QED) is 0.282. The minimum absolute atomic E-state index is 0.0556. The standard InChI is InChI=1S/C15H18BrN4O2P.C7H10FN.C6H14O.C3H8.CH3Cl/c1-21-15-18-12-11-10(4-9(16)13(12)23)22-3-2-20(14(11)19-15)7-8-5-17-6-8;8-6-4-7-2-1-3-9(7)5-6;1-5(7)6(2,3)4;1-3-2;1-2/h4,8,17H,2-3,5-7,23H2,1H3;1,3,6-7H,2,4-5H2;5,7H,1-4H3;3H2,1-2H3;1H3. The van der Waals surface area contributed by atoms with Gasteiger partial charge < -0.3 is 29.7 Å². The number of aromatic nitrogens is 2. The van der Waals surface area contributed by atoms with Crippen LogP contribution in [-0.2, 0) is 0 Å². The van der Waals surface area contributed by atoms with Gasteiger partial charge in [0.25, 0.3) is 0 Å². The number of ether oxygens (including phenoxy) is 2. The Hall–Kier alpha value is -1.45. The number of anilines is 1. The highest BCUT2D eigenvalue weighted by molar-refractivity contribution is 9.10. The van der Waals surface area contributed by atoms with Crippen LogP contribution in [0.4, 0.5) is 10.2 Å². The van der Waals surface area contributed by atoms with Crippen LogP contribution in [0.3, 0.4) is 0 Å². The van der Waals surface area contributed by atoms with Crippen LogP contribution in [0.25, 0.3) is 10.9 Å². The molecule has 6 rings (SSSR count). The van der Waals surface area contributed by atoms with Crippen LogP contribution >= 0.6 is 36.8 Å². The molecule has 0 saturated carbocycles. The van der Waals surface area contributed by atoms with Crippen LogP contribution in [-0.4, -0.2) is 91.1 Å². The molecule has 8 nitrogen and oxygen atoms in total. The number of fused-ring (bicyclic) bond motifs is 1. The third-order valence-corrected chi connectivity index (χ3v) is 9.36. The number of methoxy groups -OCH3 is 1. The van der Waals surface area contributed by atoms with Crippen molar-refractivity contribution < 1.29 is 19.0 Å². The van der Waals surface area contributed by atoms with Crippen molar-refractivity contribution >= 4 is 58.8 Å². The van der Waals surface area contributed by atoms with Gasteiger partial charge in [-0.15, -0.1) is 20.8 Å². The Morgan fingerprint density at radius 3 is 2.43 bits per heavy atom. The molecular weight excluding hydrogens is 668 g/mol. The molecule has 12 heteroatoms. The fourth-order valence-corrected chi connectivity index (χ4v) is 5.34. The molecule has 0 amide bonds. The first-order valence-electron chi connectivity index (χ1n) is 15.4. The van der Waals surface area contributed by atoms with Gasteiger partial charge in [-0.1, -0.05) is 47.1 Å². The Morgan fingerprint density at radius 2 is 1.91 bits per heavy atom. The van der Waals surface area contributed by atoms with Gasteiger partial charge in [-0.25, -0.2) is 4.39 Å². The lowest BCUT2D eigenvalue weighted by Gasteiger charge is -2.33. The first kappa shape index (κ1) is 38.7. The first-order valence-corrected chi connectivity index (χ1v) is 17.6. The highest BCUT2D eigenvalue weighted by atomic mass is 79.9. The van der Waals surface area contributed by atoms with Gasteiger partial charge >= 0.3 is 6.01 Å². The van der Waals surface area contributed by atoms with E-state index in [2.05, 4.69) is 81.8 Å². The summed E-state index contributed by atoms with van der Waals surface area (Å²) in [6.45, 7) is 17.2. The second-order valence-electron chi connectivity index (χ2n) is 12.4. The van der Waals surface area contributed by atoms with Crippen molar-refractivity contribution in [1.29, 1.82) is 0 Å². The number of nitrogens with zero attached hydrogens (tertiary/aromatic N) is 4. The van der Waals surface area contributed by atoms with Crippen LogP contribution in [0.1, 0.15) is 60.8 Å². The van der Waals surface area contributed by atoms with Crippen molar-refractivity contribution in [3.05, 3.63) is 22.8 Å². The smallest absolute Gasteiger partial charge is 0.318 e. The number of hydrogen-bond acceptors (Lipinski definition) is 8. The lowest BCUT2D eigenvalue weighted by Crippen LogP contribution is -2.49. The molecule has 0 radical (unpaired) electrons. The second-order valence-corrected chi connectivity index (χ2v) is 13.8. The van der Waals surface area contributed by atoms with Crippen molar-refractivity contribution in [2.24, 2.45) is 11.3 Å². The number of hydrogen-bond donors (Lipinski definition) is 2. The van der Waals surface area contributed by atoms with E-state index in [0.717, 1.165) is 71.3 Å². The minimum atomic E-state index is -0.569. The predicted molar refractivity (Wildman–Crippen MR) is 190 cm³/mol. The van der Waals surface area contributed by atoms with Crippen LogP contribution < -0.4 is 25.0 Å². The minimum Gasteiger partial charge on any atom is -0.491 e. The highest BCUT2D eigenvalue weighted by Gasteiger charge is 2.31. The predicted octanol–water partition coefficient (Wildman–Crippen LogP) is 6.32. The molecule has 2 N–H and O–H groups in total. The van der Waals surface area contributed by atoms with Gasteiger partial charge in [-0.05, 0) is 47.0 Å².